The molecule has 1 aliphatic heterocycles. The van der Waals surface area contributed by atoms with Crippen LogP contribution in [0, 0.1) is 5.92 Å². The van der Waals surface area contributed by atoms with Crippen molar-refractivity contribution >= 4 is 5.96 Å². The van der Waals surface area contributed by atoms with Crippen LogP contribution in [-0.2, 0) is 4.74 Å². The van der Waals surface area contributed by atoms with Gasteiger partial charge >= 0.3 is 0 Å². The second kappa shape index (κ2) is 13.4. The zero-order valence-electron chi connectivity index (χ0n) is 15.9. The molecule has 6 heteroatoms. The molecular weight excluding hydrogens is 304 g/mol. The van der Waals surface area contributed by atoms with Crippen molar-refractivity contribution in [3.63, 3.8) is 0 Å². The maximum absolute atomic E-state index is 9.52. The molecule has 24 heavy (non-hydrogen) atoms. The molecular formula is C18H38N4O2. The van der Waals surface area contributed by atoms with Crippen LogP contribution in [0.2, 0.25) is 0 Å². The van der Waals surface area contributed by atoms with E-state index < -0.39 is 0 Å². The Balaban J connectivity index is 2.10. The molecule has 0 bridgehead atoms. The van der Waals surface area contributed by atoms with Crippen LogP contribution in [0.5, 0.6) is 0 Å². The van der Waals surface area contributed by atoms with E-state index in [-0.39, 0.29) is 6.10 Å². The fourth-order valence-electron chi connectivity index (χ4n) is 2.63. The van der Waals surface area contributed by atoms with Crippen molar-refractivity contribution in [2.45, 2.75) is 52.6 Å². The van der Waals surface area contributed by atoms with Crippen LogP contribution in [0.4, 0.5) is 0 Å². The standard InChI is InChI=1S/C18H38N4O2/c1-4-19-18(21-10-15-24-14-8-16(2)3)20-9-5-11-22-12-6-17(23)7-13-22/h16-17,23H,4-15H2,1-3H3,(H2,19,20,21). The van der Waals surface area contributed by atoms with Gasteiger partial charge in [0.05, 0.1) is 12.7 Å². The van der Waals surface area contributed by atoms with Crippen molar-refractivity contribution in [2.24, 2.45) is 10.9 Å². The molecule has 1 rings (SSSR count). The number of ether oxygens (including phenoxy) is 1. The van der Waals surface area contributed by atoms with E-state index in [2.05, 4.69) is 41.3 Å². The van der Waals surface area contributed by atoms with E-state index in [1.807, 2.05) is 0 Å². The van der Waals surface area contributed by atoms with Gasteiger partial charge in [0.25, 0.3) is 0 Å². The lowest BCUT2D eigenvalue weighted by Gasteiger charge is -2.29. The Morgan fingerprint density at radius 3 is 2.67 bits per heavy atom. The van der Waals surface area contributed by atoms with Crippen LogP contribution in [-0.4, -0.2) is 74.6 Å². The molecule has 1 fully saturated rings. The van der Waals surface area contributed by atoms with Crippen molar-refractivity contribution in [3.05, 3.63) is 0 Å². The van der Waals surface area contributed by atoms with Gasteiger partial charge < -0.3 is 25.4 Å². The molecule has 0 spiro atoms. The lowest BCUT2D eigenvalue weighted by atomic mass is 10.1. The number of likely N-dealkylation sites (tertiary alicyclic amines) is 1. The van der Waals surface area contributed by atoms with E-state index in [0.29, 0.717) is 12.5 Å². The summed E-state index contributed by atoms with van der Waals surface area (Å²) in [5.41, 5.74) is 0. The van der Waals surface area contributed by atoms with E-state index in [1.54, 1.807) is 0 Å². The number of aliphatic imine (C=N–C) groups is 1. The summed E-state index contributed by atoms with van der Waals surface area (Å²) >= 11 is 0. The zero-order valence-corrected chi connectivity index (χ0v) is 15.9. The molecule has 0 aromatic heterocycles. The predicted octanol–water partition coefficient (Wildman–Crippen LogP) is 1.45. The smallest absolute Gasteiger partial charge is 0.191 e. The summed E-state index contributed by atoms with van der Waals surface area (Å²) in [5, 5.41) is 16.1. The summed E-state index contributed by atoms with van der Waals surface area (Å²) in [5.74, 6) is 1.57. The van der Waals surface area contributed by atoms with Crippen molar-refractivity contribution in [2.75, 3.05) is 52.5 Å². The first-order chi connectivity index (χ1) is 11.6. The van der Waals surface area contributed by atoms with Gasteiger partial charge in [-0.15, -0.1) is 0 Å². The van der Waals surface area contributed by atoms with Gasteiger partial charge in [-0.1, -0.05) is 13.8 Å². The number of rotatable bonds is 11. The molecule has 0 aliphatic carbocycles. The lowest BCUT2D eigenvalue weighted by molar-refractivity contribution is 0.0824. The Kier molecular flexibility index (Phi) is 11.9. The highest BCUT2D eigenvalue weighted by molar-refractivity contribution is 5.79. The average Bonchev–Trinajstić information content (AvgIpc) is 2.56. The van der Waals surface area contributed by atoms with Crippen LogP contribution in [0.25, 0.3) is 0 Å². The number of nitrogens with zero attached hydrogens (tertiary/aromatic N) is 2. The highest BCUT2D eigenvalue weighted by Gasteiger charge is 2.15. The number of hydrogen-bond acceptors (Lipinski definition) is 4. The third kappa shape index (κ3) is 10.8. The number of piperidine rings is 1. The van der Waals surface area contributed by atoms with Crippen LogP contribution < -0.4 is 10.6 Å². The maximum Gasteiger partial charge on any atom is 0.191 e. The number of guanidine groups is 1. The van der Waals surface area contributed by atoms with E-state index in [9.17, 15) is 5.11 Å². The molecule has 3 N–H and O–H groups in total. The molecule has 0 radical (unpaired) electrons. The zero-order chi connectivity index (χ0) is 17.6. The van der Waals surface area contributed by atoms with Crippen LogP contribution in [0.15, 0.2) is 4.99 Å². The molecule has 1 aliphatic rings. The normalized spacial score (nSPS) is 17.5. The van der Waals surface area contributed by atoms with E-state index >= 15 is 0 Å². The highest BCUT2D eigenvalue weighted by atomic mass is 16.5. The highest BCUT2D eigenvalue weighted by Crippen LogP contribution is 2.09. The molecule has 0 atom stereocenters. The van der Waals surface area contributed by atoms with Crippen molar-refractivity contribution in [3.8, 4) is 0 Å². The summed E-state index contributed by atoms with van der Waals surface area (Å²) < 4.78 is 5.61. The summed E-state index contributed by atoms with van der Waals surface area (Å²) in [6.07, 6.45) is 3.89. The topological polar surface area (TPSA) is 69.1 Å². The van der Waals surface area contributed by atoms with Gasteiger partial charge in [0.1, 0.15) is 0 Å². The molecule has 1 heterocycles. The van der Waals surface area contributed by atoms with Crippen LogP contribution in [0.3, 0.4) is 0 Å². The Morgan fingerprint density at radius 2 is 2.00 bits per heavy atom. The summed E-state index contributed by atoms with van der Waals surface area (Å²) in [6.45, 7) is 13.6. The molecule has 142 valence electrons. The lowest BCUT2D eigenvalue weighted by Crippen LogP contribution is -2.39. The second-order valence-electron chi connectivity index (χ2n) is 6.91. The molecule has 0 unspecified atom stereocenters. The average molecular weight is 343 g/mol. The van der Waals surface area contributed by atoms with Crippen molar-refractivity contribution < 1.29 is 9.84 Å². The Bertz CT molecular complexity index is 329. The first-order valence-corrected chi connectivity index (χ1v) is 9.62. The third-order valence-electron chi connectivity index (χ3n) is 4.18. The fourth-order valence-corrected chi connectivity index (χ4v) is 2.63. The van der Waals surface area contributed by atoms with E-state index in [1.165, 1.54) is 0 Å². The van der Waals surface area contributed by atoms with E-state index in [4.69, 9.17) is 4.74 Å². The summed E-state index contributed by atoms with van der Waals surface area (Å²) in [4.78, 5) is 7.04. The number of nitrogens with one attached hydrogen (secondary N) is 2. The quantitative estimate of drug-likeness (QED) is 0.301. The first kappa shape index (κ1) is 21.2. The van der Waals surface area contributed by atoms with Gasteiger partial charge in [0.15, 0.2) is 5.96 Å². The summed E-state index contributed by atoms with van der Waals surface area (Å²) in [6, 6.07) is 0. The maximum atomic E-state index is 9.52. The van der Waals surface area contributed by atoms with Gasteiger partial charge in [-0.05, 0) is 45.1 Å². The van der Waals surface area contributed by atoms with Crippen LogP contribution >= 0.6 is 0 Å². The molecule has 0 aromatic carbocycles. The number of hydrogen-bond donors (Lipinski definition) is 3. The summed E-state index contributed by atoms with van der Waals surface area (Å²) in [7, 11) is 0. The molecule has 0 saturated carbocycles. The van der Waals surface area contributed by atoms with Gasteiger partial charge in [0.2, 0.25) is 0 Å². The number of aliphatic hydroxyl groups is 1. The molecule has 0 amide bonds. The first-order valence-electron chi connectivity index (χ1n) is 9.62. The molecule has 6 nitrogen and oxygen atoms in total. The monoisotopic (exact) mass is 342 g/mol. The van der Waals surface area contributed by atoms with Gasteiger partial charge in [0, 0.05) is 39.3 Å². The Labute approximate surface area is 148 Å². The largest absolute Gasteiger partial charge is 0.393 e. The van der Waals surface area contributed by atoms with Gasteiger partial charge in [-0.3, -0.25) is 4.99 Å². The Morgan fingerprint density at radius 1 is 1.25 bits per heavy atom. The van der Waals surface area contributed by atoms with E-state index in [0.717, 1.165) is 77.5 Å². The predicted molar refractivity (Wildman–Crippen MR) is 101 cm³/mol. The van der Waals surface area contributed by atoms with Gasteiger partial charge in [-0.2, -0.15) is 0 Å². The van der Waals surface area contributed by atoms with Crippen molar-refractivity contribution in [1.29, 1.82) is 0 Å². The third-order valence-corrected chi connectivity index (χ3v) is 4.18. The minimum absolute atomic E-state index is 0.0911. The van der Waals surface area contributed by atoms with Crippen LogP contribution in [0.1, 0.15) is 46.5 Å². The minimum atomic E-state index is -0.0911. The SMILES string of the molecule is CCNC(=NCCCN1CCC(O)CC1)NCCOCCC(C)C. The van der Waals surface area contributed by atoms with Crippen molar-refractivity contribution in [1.82, 2.24) is 15.5 Å². The van der Waals surface area contributed by atoms with Gasteiger partial charge in [-0.25, -0.2) is 0 Å². The molecule has 0 aromatic rings. The Hall–Kier alpha value is -0.850. The fraction of sp³-hybridized carbons (Fsp3) is 0.944. The second-order valence-corrected chi connectivity index (χ2v) is 6.91. The minimum Gasteiger partial charge on any atom is -0.393 e. The number of aliphatic hydroxyl groups excluding tert-OH is 1. The molecule has 1 saturated heterocycles.